The number of hydrogen-bond acceptors (Lipinski definition) is 7. The molecule has 190 valence electrons. The SMILES string of the molecule is CCNc1nc(C(=O)N2[C@@H]3CC[C@@H](C3)[C@H]2CNC(=O)c2cccc3ncsc23)c(-c2cccc(Cl)c2)s1. The molecule has 10 heteroatoms. The van der Waals surface area contributed by atoms with E-state index in [0.717, 1.165) is 39.9 Å². The van der Waals surface area contributed by atoms with Crippen molar-refractivity contribution in [2.75, 3.05) is 18.4 Å². The van der Waals surface area contributed by atoms with Crippen LogP contribution in [0.5, 0.6) is 0 Å². The van der Waals surface area contributed by atoms with Gasteiger partial charge in [-0.25, -0.2) is 9.97 Å². The van der Waals surface area contributed by atoms with Crippen LogP contribution in [0.1, 0.15) is 47.0 Å². The van der Waals surface area contributed by atoms with Gasteiger partial charge in [0.05, 0.1) is 32.2 Å². The maximum atomic E-state index is 14.1. The second-order valence-electron chi connectivity index (χ2n) is 9.46. The molecule has 37 heavy (non-hydrogen) atoms. The largest absolute Gasteiger partial charge is 0.362 e. The molecule has 3 heterocycles. The van der Waals surface area contributed by atoms with Gasteiger partial charge in [-0.2, -0.15) is 0 Å². The first-order chi connectivity index (χ1) is 18.0. The van der Waals surface area contributed by atoms with Crippen LogP contribution < -0.4 is 10.6 Å². The van der Waals surface area contributed by atoms with Crippen LogP contribution in [0.4, 0.5) is 5.13 Å². The van der Waals surface area contributed by atoms with E-state index >= 15 is 0 Å². The molecule has 2 aliphatic rings. The van der Waals surface area contributed by atoms with Gasteiger partial charge in [-0.3, -0.25) is 9.59 Å². The summed E-state index contributed by atoms with van der Waals surface area (Å²) in [5, 5.41) is 7.71. The number of fused-ring (bicyclic) bond motifs is 3. The number of likely N-dealkylation sites (tertiary alicyclic amines) is 1. The van der Waals surface area contributed by atoms with E-state index in [9.17, 15) is 9.59 Å². The van der Waals surface area contributed by atoms with Crippen molar-refractivity contribution in [3.63, 3.8) is 0 Å². The summed E-state index contributed by atoms with van der Waals surface area (Å²) < 4.78 is 0.880. The lowest BCUT2D eigenvalue weighted by Gasteiger charge is -2.35. The molecule has 0 unspecified atom stereocenters. The number of rotatable bonds is 7. The van der Waals surface area contributed by atoms with Gasteiger partial charge in [-0.05, 0) is 61.9 Å². The van der Waals surface area contributed by atoms with Crippen LogP contribution in [-0.4, -0.2) is 51.9 Å². The summed E-state index contributed by atoms with van der Waals surface area (Å²) in [7, 11) is 0. The van der Waals surface area contributed by atoms with Gasteiger partial charge in [0.15, 0.2) is 5.13 Å². The highest BCUT2D eigenvalue weighted by Crippen LogP contribution is 2.44. The molecule has 2 aromatic heterocycles. The molecule has 3 atom stereocenters. The molecule has 1 aliphatic carbocycles. The Kier molecular flexibility index (Phi) is 6.60. The molecule has 2 bridgehead atoms. The maximum absolute atomic E-state index is 14.1. The average molecular weight is 552 g/mol. The van der Waals surface area contributed by atoms with E-state index in [1.807, 2.05) is 54.3 Å². The van der Waals surface area contributed by atoms with Gasteiger partial charge >= 0.3 is 0 Å². The zero-order chi connectivity index (χ0) is 25.5. The second kappa shape index (κ2) is 10.0. The third-order valence-corrected chi connectivity index (χ3v) is 9.47. The van der Waals surface area contributed by atoms with Gasteiger partial charge in [-0.1, -0.05) is 41.1 Å². The minimum absolute atomic E-state index is 0.0626. The van der Waals surface area contributed by atoms with E-state index in [4.69, 9.17) is 16.6 Å². The van der Waals surface area contributed by atoms with Gasteiger partial charge in [0.1, 0.15) is 5.69 Å². The molecule has 4 aromatic rings. The predicted molar refractivity (Wildman–Crippen MR) is 150 cm³/mol. The number of piperidine rings is 1. The van der Waals surface area contributed by atoms with Crippen LogP contribution >= 0.6 is 34.3 Å². The lowest BCUT2D eigenvalue weighted by molar-refractivity contribution is 0.0578. The van der Waals surface area contributed by atoms with Crippen molar-refractivity contribution in [3.8, 4) is 10.4 Å². The number of nitrogens with zero attached hydrogens (tertiary/aromatic N) is 3. The Balaban J connectivity index is 1.27. The summed E-state index contributed by atoms with van der Waals surface area (Å²) >= 11 is 9.21. The highest BCUT2D eigenvalue weighted by molar-refractivity contribution is 7.19. The number of thiazole rings is 2. The number of halogens is 1. The van der Waals surface area contributed by atoms with E-state index in [2.05, 4.69) is 15.6 Å². The summed E-state index contributed by atoms with van der Waals surface area (Å²) in [6.07, 6.45) is 3.02. The summed E-state index contributed by atoms with van der Waals surface area (Å²) in [6, 6.07) is 13.2. The van der Waals surface area contributed by atoms with Gasteiger partial charge in [0.25, 0.3) is 11.8 Å². The zero-order valence-corrected chi connectivity index (χ0v) is 22.6. The Morgan fingerprint density at radius 2 is 2.05 bits per heavy atom. The minimum Gasteiger partial charge on any atom is -0.362 e. The van der Waals surface area contributed by atoms with Crippen molar-refractivity contribution in [2.45, 2.75) is 38.3 Å². The zero-order valence-electron chi connectivity index (χ0n) is 20.2. The molecule has 2 fully saturated rings. The molecule has 2 N–H and O–H groups in total. The fraction of sp³-hybridized carbons (Fsp3) is 0.333. The van der Waals surface area contributed by atoms with Gasteiger partial charge < -0.3 is 15.5 Å². The first kappa shape index (κ1) is 24.3. The quantitative estimate of drug-likeness (QED) is 0.297. The normalized spacial score (nSPS) is 20.5. The van der Waals surface area contributed by atoms with E-state index < -0.39 is 0 Å². The molecule has 1 saturated carbocycles. The Bertz CT molecular complexity index is 1480. The predicted octanol–water partition coefficient (Wildman–Crippen LogP) is 5.93. The molecular weight excluding hydrogens is 526 g/mol. The summed E-state index contributed by atoms with van der Waals surface area (Å²) in [5.74, 6) is 0.161. The average Bonchev–Trinajstić information content (AvgIpc) is 3.70. The van der Waals surface area contributed by atoms with Crippen LogP contribution in [0.25, 0.3) is 20.7 Å². The van der Waals surface area contributed by atoms with Crippen molar-refractivity contribution in [1.29, 1.82) is 0 Å². The lowest BCUT2D eigenvalue weighted by atomic mass is 9.98. The Hall–Kier alpha value is -3.01. The number of hydrogen-bond donors (Lipinski definition) is 2. The molecule has 2 aromatic carbocycles. The fourth-order valence-corrected chi connectivity index (χ4v) is 7.68. The topological polar surface area (TPSA) is 87.2 Å². The fourth-order valence-electron chi connectivity index (χ4n) is 5.67. The van der Waals surface area contributed by atoms with Crippen LogP contribution in [0.3, 0.4) is 0 Å². The Morgan fingerprint density at radius 1 is 1.19 bits per heavy atom. The van der Waals surface area contributed by atoms with Crippen LogP contribution in [-0.2, 0) is 0 Å². The molecule has 2 amide bonds. The van der Waals surface area contributed by atoms with Crippen LogP contribution in [0.15, 0.2) is 48.0 Å². The number of aromatic nitrogens is 2. The third-order valence-electron chi connectivity index (χ3n) is 7.29. The lowest BCUT2D eigenvalue weighted by Crippen LogP contribution is -2.50. The van der Waals surface area contributed by atoms with E-state index in [-0.39, 0.29) is 23.9 Å². The number of benzene rings is 2. The molecular formula is C27H26ClN5O2S2. The molecule has 0 spiro atoms. The van der Waals surface area contributed by atoms with Crippen molar-refractivity contribution in [3.05, 3.63) is 64.3 Å². The van der Waals surface area contributed by atoms with Crippen LogP contribution in [0, 0.1) is 5.92 Å². The van der Waals surface area contributed by atoms with E-state index in [1.54, 1.807) is 5.51 Å². The summed E-state index contributed by atoms with van der Waals surface area (Å²) in [4.78, 5) is 39.1. The molecule has 6 rings (SSSR count). The standard InChI is InChI=1S/C27H26ClN5O2S2/c1-2-29-27-32-22(23(37-27)16-5-3-6-17(28)11-16)26(35)33-18-10-9-15(12-18)21(33)13-30-25(34)19-7-4-8-20-24(19)36-14-31-20/h3-8,11,14-15,18,21H,2,9-10,12-13H2,1H3,(H,29,32)(H,30,34)/t15-,18+,21+/m0/s1. The second-order valence-corrected chi connectivity index (χ2v) is 11.8. The number of carbonyl (C=O) groups is 2. The van der Waals surface area contributed by atoms with Gasteiger partial charge in [0, 0.05) is 24.2 Å². The van der Waals surface area contributed by atoms with E-state index in [0.29, 0.717) is 40.4 Å². The molecule has 0 radical (unpaired) electrons. The monoisotopic (exact) mass is 551 g/mol. The van der Waals surface area contributed by atoms with Gasteiger partial charge in [-0.15, -0.1) is 11.3 Å². The number of amides is 2. The summed E-state index contributed by atoms with van der Waals surface area (Å²) in [6.45, 7) is 3.14. The van der Waals surface area contributed by atoms with Gasteiger partial charge in [0.2, 0.25) is 0 Å². The van der Waals surface area contributed by atoms with Crippen molar-refractivity contribution < 1.29 is 9.59 Å². The van der Waals surface area contributed by atoms with Crippen molar-refractivity contribution >= 4 is 61.4 Å². The smallest absolute Gasteiger partial charge is 0.274 e. The van der Waals surface area contributed by atoms with Crippen molar-refractivity contribution in [1.82, 2.24) is 20.2 Å². The Labute approximate surface area is 227 Å². The first-order valence-electron chi connectivity index (χ1n) is 12.5. The third kappa shape index (κ3) is 4.49. The maximum Gasteiger partial charge on any atom is 0.274 e. The number of anilines is 1. The highest BCUT2D eigenvalue weighted by atomic mass is 35.5. The summed E-state index contributed by atoms with van der Waals surface area (Å²) in [5.41, 5.74) is 4.53. The highest BCUT2D eigenvalue weighted by Gasteiger charge is 2.49. The molecule has 1 saturated heterocycles. The number of nitrogens with one attached hydrogen (secondary N) is 2. The number of carbonyl (C=O) groups excluding carboxylic acids is 2. The molecule has 1 aliphatic heterocycles. The van der Waals surface area contributed by atoms with Crippen molar-refractivity contribution in [2.24, 2.45) is 5.92 Å². The van der Waals surface area contributed by atoms with E-state index in [1.165, 1.54) is 22.7 Å². The first-order valence-corrected chi connectivity index (χ1v) is 14.5. The van der Waals surface area contributed by atoms with Crippen LogP contribution in [0.2, 0.25) is 5.02 Å². The Morgan fingerprint density at radius 3 is 2.89 bits per heavy atom. The molecule has 7 nitrogen and oxygen atoms in total. The minimum atomic E-state index is -0.132.